The fourth-order valence-corrected chi connectivity index (χ4v) is 8.52. The van der Waals surface area contributed by atoms with Gasteiger partial charge in [0.1, 0.15) is 5.60 Å². The maximum absolute atomic E-state index is 15.0. The Morgan fingerprint density at radius 2 is 1.60 bits per heavy atom. The van der Waals surface area contributed by atoms with Crippen LogP contribution in [0.1, 0.15) is 140 Å². The number of carbonyl (C=O) groups excluding carboxylic acids is 4. The summed E-state index contributed by atoms with van der Waals surface area (Å²) in [5, 5.41) is 21.4. The number of H-pyrrole nitrogens is 2. The maximum Gasteiger partial charge on any atom is 0.407 e. The number of likely N-dealkylation sites (N-methyl/N-ethyl adjacent to an activating group) is 1. The summed E-state index contributed by atoms with van der Waals surface area (Å²) in [4.78, 5) is 87.1. The van der Waals surface area contributed by atoms with Gasteiger partial charge in [0.05, 0.1) is 79.0 Å². The van der Waals surface area contributed by atoms with Gasteiger partial charge in [-0.05, 0) is 101 Å². The Morgan fingerprint density at radius 1 is 0.923 bits per heavy atom. The van der Waals surface area contributed by atoms with Gasteiger partial charge in [-0.15, -0.1) is 0 Å². The molecule has 6 heterocycles. The van der Waals surface area contributed by atoms with Gasteiger partial charge in [-0.2, -0.15) is 0 Å². The molecule has 4 aliphatic heterocycles. The van der Waals surface area contributed by atoms with E-state index >= 15 is 0 Å². The molecule has 0 aliphatic carbocycles. The first-order valence-electron chi connectivity index (χ1n) is 22.1. The van der Waals surface area contributed by atoms with Gasteiger partial charge in [0.15, 0.2) is 0 Å². The highest BCUT2D eigenvalue weighted by Crippen LogP contribution is 2.45. The smallest absolute Gasteiger partial charge is 0.407 e. The third-order valence-electron chi connectivity index (χ3n) is 12.0. The molecule has 4 aliphatic rings. The minimum Gasteiger partial charge on any atom is -0.478 e. The molecule has 0 unspecified atom stereocenters. The molecule has 6 rings (SSSR count). The predicted molar refractivity (Wildman–Crippen MR) is 245 cm³/mol. The number of rotatable bonds is 17. The van der Waals surface area contributed by atoms with Crippen molar-refractivity contribution in [1.82, 2.24) is 35.1 Å². The molecule has 8 bridgehead atoms. The van der Waals surface area contributed by atoms with Crippen LogP contribution < -0.4 is 5.32 Å². The number of carboxylic acid groups (broad SMARTS) is 1. The van der Waals surface area contributed by atoms with Crippen LogP contribution in [0, 0.1) is 6.92 Å². The Kier molecular flexibility index (Phi) is 15.1. The molecule has 17 nitrogen and oxygen atoms in total. The summed E-state index contributed by atoms with van der Waals surface area (Å²) in [6, 6.07) is 5.66. The number of ether oxygens (including phenoxy) is 3. The molecular formula is C48H61N7O10. The normalized spacial score (nSPS) is 16.7. The number of aromatic nitrogens is 4. The molecule has 5 N–H and O–H groups in total. The SMILES string of the molecule is CCC1=C(C)c2cc3nc(cc4[nH]c(c5c6[nH]c(cc1n2)c(C)c6C(=O)N(CCOCCOCCO)C5=O)[C@@H](CCC(=O)N(C)CCNC(=O)OC(C)(C)C)[C@@H]4C)C(C)=C3/C=C/C(=O)O. The van der Waals surface area contributed by atoms with E-state index < -0.39 is 35.4 Å². The van der Waals surface area contributed by atoms with Gasteiger partial charge in [-0.1, -0.05) is 13.8 Å². The van der Waals surface area contributed by atoms with Gasteiger partial charge in [0, 0.05) is 66.9 Å². The topological polar surface area (TPSA) is 229 Å². The number of aliphatic carboxylic acids is 1. The summed E-state index contributed by atoms with van der Waals surface area (Å²) in [5.74, 6) is -2.99. The number of amides is 4. The number of carboxylic acids is 1. The predicted octanol–water partition coefficient (Wildman–Crippen LogP) is 6.53. The van der Waals surface area contributed by atoms with Gasteiger partial charge in [0.2, 0.25) is 5.91 Å². The van der Waals surface area contributed by atoms with Crippen LogP contribution in [0.5, 0.6) is 0 Å². The standard InChI is InChI=1S/C48H61N7O10/c1-10-30-26(2)34-24-38-31(12-14-40(58)59)27(3)33(51-38)23-35-28(4)32(11-13-39(57)54(9)16-15-49-47(62)65-48(6,7)8)43(52-35)42-44-41(29(5)36(53-44)25-37(30)50-34)45(60)55(46(42)61)17-19-63-21-22-64-20-18-56/h12,14,23-25,28,32,52-53,56H,10-11,13,15-22H2,1-9H3,(H,49,62)(H,58,59)/b14-12+,35-23?,37-25?,38-24?,43-42?/t28-,32-/m0/s1. The number of aliphatic hydroxyl groups excluding tert-OH is 1. The van der Waals surface area contributed by atoms with Crippen LogP contribution in [-0.4, -0.2) is 135 Å². The lowest BCUT2D eigenvalue weighted by molar-refractivity contribution is -0.131. The lowest BCUT2D eigenvalue weighted by Crippen LogP contribution is -2.43. The maximum atomic E-state index is 15.0. The van der Waals surface area contributed by atoms with Gasteiger partial charge in [-0.3, -0.25) is 19.3 Å². The number of aryl methyl sites for hydroxylation is 1. The van der Waals surface area contributed by atoms with Crippen LogP contribution in [0.3, 0.4) is 0 Å². The van der Waals surface area contributed by atoms with Crippen molar-refractivity contribution in [3.05, 3.63) is 81.2 Å². The van der Waals surface area contributed by atoms with E-state index in [4.69, 9.17) is 29.3 Å². The number of carbonyl (C=O) groups is 5. The molecule has 65 heavy (non-hydrogen) atoms. The number of aromatic amines is 2. The van der Waals surface area contributed by atoms with Gasteiger partial charge in [0.25, 0.3) is 11.8 Å². The second-order valence-corrected chi connectivity index (χ2v) is 17.5. The van der Waals surface area contributed by atoms with E-state index in [1.54, 1.807) is 32.7 Å². The molecule has 4 amide bonds. The Labute approximate surface area is 378 Å². The minimum atomic E-state index is -1.10. The number of allylic oxidation sites excluding steroid dienone is 5. The number of nitrogens with one attached hydrogen (secondary N) is 3. The number of alkyl carbamates (subject to hydrolysis) is 1. The van der Waals surface area contributed by atoms with Crippen molar-refractivity contribution in [2.75, 3.05) is 59.7 Å². The van der Waals surface area contributed by atoms with Crippen LogP contribution in [0.2, 0.25) is 0 Å². The third-order valence-corrected chi connectivity index (χ3v) is 12.0. The van der Waals surface area contributed by atoms with Crippen molar-refractivity contribution in [3.8, 4) is 0 Å². The average Bonchev–Trinajstić information content (AvgIpc) is 3.92. The van der Waals surface area contributed by atoms with Crippen LogP contribution >= 0.6 is 0 Å². The van der Waals surface area contributed by atoms with E-state index in [1.807, 2.05) is 52.8 Å². The Morgan fingerprint density at radius 3 is 2.28 bits per heavy atom. The molecule has 2 atom stereocenters. The van der Waals surface area contributed by atoms with Crippen molar-refractivity contribution in [2.45, 2.75) is 92.1 Å². The van der Waals surface area contributed by atoms with Gasteiger partial charge >= 0.3 is 12.1 Å². The highest BCUT2D eigenvalue weighted by molar-refractivity contribution is 6.23. The van der Waals surface area contributed by atoms with Crippen molar-refractivity contribution >= 4 is 63.1 Å². The van der Waals surface area contributed by atoms with Crippen LogP contribution in [0.15, 0.2) is 30.4 Å². The van der Waals surface area contributed by atoms with Gasteiger partial charge in [-0.25, -0.2) is 19.6 Å². The molecule has 0 saturated carbocycles. The Bertz CT molecular complexity index is 2540. The summed E-state index contributed by atoms with van der Waals surface area (Å²) in [5.41, 5.74) is 8.52. The fourth-order valence-electron chi connectivity index (χ4n) is 8.52. The molecular weight excluding hydrogens is 835 g/mol. The van der Waals surface area contributed by atoms with E-state index in [9.17, 15) is 29.1 Å². The van der Waals surface area contributed by atoms with E-state index in [-0.39, 0.29) is 76.5 Å². The fraction of sp³-hybridized carbons (Fsp3) is 0.479. The summed E-state index contributed by atoms with van der Waals surface area (Å²) in [6.07, 6.45) is 3.11. The molecule has 17 heteroatoms. The number of hydrogen-bond donors (Lipinski definition) is 5. The number of aliphatic hydroxyl groups is 1. The summed E-state index contributed by atoms with van der Waals surface area (Å²) in [6.45, 7) is 15.9. The van der Waals surface area contributed by atoms with Crippen molar-refractivity contribution < 1.29 is 48.4 Å². The van der Waals surface area contributed by atoms with Crippen LogP contribution in [-0.2, 0) is 23.8 Å². The van der Waals surface area contributed by atoms with Crippen molar-refractivity contribution in [2.24, 2.45) is 0 Å². The number of fused-ring (bicyclic) bond motifs is 8. The molecule has 348 valence electrons. The highest BCUT2D eigenvalue weighted by atomic mass is 16.6. The summed E-state index contributed by atoms with van der Waals surface area (Å²) < 4.78 is 16.4. The van der Waals surface area contributed by atoms with E-state index in [0.29, 0.717) is 74.7 Å². The van der Waals surface area contributed by atoms with Gasteiger partial charge < -0.3 is 44.6 Å². The van der Waals surface area contributed by atoms with Crippen LogP contribution in [0.25, 0.3) is 33.3 Å². The second-order valence-electron chi connectivity index (χ2n) is 17.5. The van der Waals surface area contributed by atoms with E-state index in [1.165, 1.54) is 11.0 Å². The van der Waals surface area contributed by atoms with E-state index in [2.05, 4.69) is 15.3 Å². The first kappa shape index (κ1) is 48.3. The van der Waals surface area contributed by atoms with Crippen molar-refractivity contribution in [1.29, 1.82) is 0 Å². The average molecular weight is 896 g/mol. The molecule has 2 aromatic heterocycles. The zero-order valence-electron chi connectivity index (χ0n) is 38.8. The third kappa shape index (κ3) is 10.7. The summed E-state index contributed by atoms with van der Waals surface area (Å²) >= 11 is 0. The number of hydrogen-bond acceptors (Lipinski definition) is 11. The first-order chi connectivity index (χ1) is 30.8. The second kappa shape index (κ2) is 20.3. The molecule has 0 spiro atoms. The zero-order chi connectivity index (χ0) is 47.3. The molecule has 2 aromatic rings. The lowest BCUT2D eigenvalue weighted by Gasteiger charge is -2.27. The number of imide groups is 1. The van der Waals surface area contributed by atoms with Crippen LogP contribution in [0.4, 0.5) is 4.79 Å². The largest absolute Gasteiger partial charge is 0.478 e. The first-order valence-corrected chi connectivity index (χ1v) is 22.1. The lowest BCUT2D eigenvalue weighted by atomic mass is 9.84. The molecule has 0 saturated heterocycles. The molecule has 0 radical (unpaired) electrons. The molecule has 0 aromatic carbocycles. The quantitative estimate of drug-likeness (QED) is 0.0649. The Hall–Kier alpha value is -6.17. The summed E-state index contributed by atoms with van der Waals surface area (Å²) in [7, 11) is 1.67. The monoisotopic (exact) mass is 895 g/mol. The highest BCUT2D eigenvalue weighted by Gasteiger charge is 2.40. The molecule has 0 fully saturated rings. The zero-order valence-corrected chi connectivity index (χ0v) is 38.8. The number of nitrogens with zero attached hydrogens (tertiary/aromatic N) is 4. The Balaban J connectivity index is 1.51. The van der Waals surface area contributed by atoms with E-state index in [0.717, 1.165) is 22.8 Å². The minimum absolute atomic E-state index is 0.0428. The van der Waals surface area contributed by atoms with Crippen molar-refractivity contribution in [3.63, 3.8) is 0 Å².